The number of sulfonamides is 2. The predicted octanol–water partition coefficient (Wildman–Crippen LogP) is 1.38. The van der Waals surface area contributed by atoms with E-state index in [1.54, 1.807) is 63.7 Å². The number of likely N-dealkylation sites (N-methyl/N-ethyl adjacent to an activating group) is 2. The first-order valence-electron chi connectivity index (χ1n) is 20.3. The number of rotatable bonds is 10. The quantitative estimate of drug-likeness (QED) is 0.311. The van der Waals surface area contributed by atoms with Gasteiger partial charge in [0.1, 0.15) is 33.4 Å². The van der Waals surface area contributed by atoms with Crippen LogP contribution in [0.5, 0.6) is 11.5 Å². The van der Waals surface area contributed by atoms with Crippen molar-refractivity contribution < 1.29 is 55.0 Å². The molecule has 4 amide bonds. The van der Waals surface area contributed by atoms with Crippen LogP contribution in [0.4, 0.5) is 0 Å². The van der Waals surface area contributed by atoms with Crippen molar-refractivity contribution in [3.63, 3.8) is 0 Å². The Morgan fingerprint density at radius 1 is 0.550 bits per heavy atom. The molecule has 0 N–H and O–H groups in total. The van der Waals surface area contributed by atoms with Crippen molar-refractivity contribution >= 4 is 43.7 Å². The molecule has 8 rings (SSSR count). The number of nitrogens with zero attached hydrogens (tertiary/aromatic N) is 6. The summed E-state index contributed by atoms with van der Waals surface area (Å²) in [6, 6.07) is 4.42. The number of fused-ring (bicyclic) bond motifs is 5. The third-order valence-corrected chi connectivity index (χ3v) is 16.3. The van der Waals surface area contributed by atoms with Crippen LogP contribution in [0.25, 0.3) is 0 Å². The standard InChI is InChI=1S/C40H52N6O12S2/c1-9-43-37(47)31-33(25-11-13-27(55-7)29(15-25)59(51,52)41-17-21(3)57-22(4)18-41)46-36-32(38(48)44(10-2)40(36)50)34(45(46)35(31)39(43)49)26-12-14-28(56-8)30(16-26)60(53,54)42-19-23(5)58-24(6)20-42/h11-16,21-24,31-36H,9-10,17-20H2,1-8H3. The Kier molecular flexibility index (Phi) is 11.0. The van der Waals surface area contributed by atoms with E-state index in [0.29, 0.717) is 11.1 Å². The monoisotopic (exact) mass is 872 g/mol. The third-order valence-electron chi connectivity index (χ3n) is 12.6. The van der Waals surface area contributed by atoms with Crippen molar-refractivity contribution in [3.8, 4) is 11.5 Å². The zero-order valence-corrected chi connectivity index (χ0v) is 36.5. The SMILES string of the molecule is CCN1C(=O)C2C(C1=O)N1C(c3ccc(OC)c(S(=O)(=O)N4CC(C)OC(C)C4)c3)C3C(=O)N(CC)C(=O)C3N1C2c1ccc(OC)c(S(=O)(=O)N2CC(C)OC(C)C2)c1. The molecule has 0 saturated carbocycles. The van der Waals surface area contributed by atoms with E-state index in [4.69, 9.17) is 18.9 Å². The van der Waals surface area contributed by atoms with Crippen molar-refractivity contribution in [2.24, 2.45) is 11.8 Å². The van der Waals surface area contributed by atoms with E-state index in [9.17, 15) is 36.0 Å². The number of methoxy groups -OCH3 is 2. The molecule has 18 nitrogen and oxygen atoms in total. The van der Waals surface area contributed by atoms with Crippen LogP contribution < -0.4 is 9.47 Å². The second-order valence-electron chi connectivity index (χ2n) is 16.4. The van der Waals surface area contributed by atoms with Crippen molar-refractivity contribution in [1.29, 1.82) is 0 Å². The molecule has 0 aromatic heterocycles. The topological polar surface area (TPSA) is 193 Å². The number of amides is 4. The number of imide groups is 2. The summed E-state index contributed by atoms with van der Waals surface area (Å²) in [6.45, 7) is 10.9. The predicted molar refractivity (Wildman–Crippen MR) is 212 cm³/mol. The molecule has 326 valence electrons. The van der Waals surface area contributed by atoms with Crippen molar-refractivity contribution in [3.05, 3.63) is 47.5 Å². The van der Waals surface area contributed by atoms with Gasteiger partial charge in [0.25, 0.3) is 0 Å². The van der Waals surface area contributed by atoms with Gasteiger partial charge in [0.15, 0.2) is 0 Å². The molecular weight excluding hydrogens is 821 g/mol. The van der Waals surface area contributed by atoms with E-state index in [-0.39, 0.29) is 85.0 Å². The van der Waals surface area contributed by atoms with Gasteiger partial charge in [0.2, 0.25) is 43.7 Å². The minimum absolute atomic E-state index is 0.0428. The van der Waals surface area contributed by atoms with Crippen LogP contribution in [0.3, 0.4) is 0 Å². The summed E-state index contributed by atoms with van der Waals surface area (Å²) in [6.07, 6.45) is -1.54. The Balaban J connectivity index is 1.31. The van der Waals surface area contributed by atoms with Crippen LogP contribution in [0.2, 0.25) is 0 Å². The molecule has 2 aromatic carbocycles. The van der Waals surface area contributed by atoms with Crippen LogP contribution in [-0.4, -0.2) is 159 Å². The highest BCUT2D eigenvalue weighted by Gasteiger charge is 2.73. The molecule has 6 aliphatic heterocycles. The van der Waals surface area contributed by atoms with E-state index in [2.05, 4.69) is 0 Å². The van der Waals surface area contributed by atoms with E-state index < -0.39 is 79.7 Å². The summed E-state index contributed by atoms with van der Waals surface area (Å²) >= 11 is 0. The van der Waals surface area contributed by atoms with Crippen molar-refractivity contribution in [2.75, 3.05) is 53.5 Å². The molecule has 6 aliphatic rings. The summed E-state index contributed by atoms with van der Waals surface area (Å²) in [5.41, 5.74) is 0.618. The number of ether oxygens (including phenoxy) is 4. The molecule has 0 bridgehead atoms. The zero-order chi connectivity index (χ0) is 43.3. The summed E-state index contributed by atoms with van der Waals surface area (Å²) < 4.78 is 83.3. The van der Waals surface area contributed by atoms with Gasteiger partial charge in [-0.25, -0.2) is 26.9 Å². The molecule has 0 radical (unpaired) electrons. The summed E-state index contributed by atoms with van der Waals surface area (Å²) in [4.78, 5) is 59.9. The lowest BCUT2D eigenvalue weighted by atomic mass is 9.84. The molecule has 10 atom stereocenters. The number of carbonyl (C=O) groups is 4. The number of carbonyl (C=O) groups excluding carboxylic acids is 4. The first-order chi connectivity index (χ1) is 28.4. The zero-order valence-electron chi connectivity index (χ0n) is 34.9. The van der Waals surface area contributed by atoms with Gasteiger partial charge in [-0.2, -0.15) is 8.61 Å². The molecule has 6 fully saturated rings. The van der Waals surface area contributed by atoms with Crippen LogP contribution in [0, 0.1) is 11.8 Å². The molecule has 0 spiro atoms. The highest BCUT2D eigenvalue weighted by Crippen LogP contribution is 2.59. The smallest absolute Gasteiger partial charge is 0.248 e. The number of hydrogen-bond donors (Lipinski definition) is 0. The summed E-state index contributed by atoms with van der Waals surface area (Å²) in [5.74, 6) is -4.29. The van der Waals surface area contributed by atoms with E-state index in [0.717, 1.165) is 9.80 Å². The highest BCUT2D eigenvalue weighted by molar-refractivity contribution is 7.89. The van der Waals surface area contributed by atoms with Gasteiger partial charge in [-0.3, -0.25) is 29.0 Å². The average molecular weight is 873 g/mol. The largest absolute Gasteiger partial charge is 0.495 e. The Bertz CT molecular complexity index is 2170. The molecule has 2 aromatic rings. The number of morpholine rings is 2. The molecular formula is C40H52N6O12S2. The van der Waals surface area contributed by atoms with Crippen LogP contribution in [-0.2, 0) is 48.7 Å². The van der Waals surface area contributed by atoms with Gasteiger partial charge in [-0.1, -0.05) is 12.1 Å². The van der Waals surface area contributed by atoms with Crippen LogP contribution in [0.15, 0.2) is 46.2 Å². The highest BCUT2D eigenvalue weighted by atomic mass is 32.2. The van der Waals surface area contributed by atoms with Gasteiger partial charge in [0.05, 0.1) is 62.6 Å². The third kappa shape index (κ3) is 6.39. The second kappa shape index (κ2) is 15.4. The van der Waals surface area contributed by atoms with Crippen LogP contribution in [0.1, 0.15) is 64.8 Å². The summed E-state index contributed by atoms with van der Waals surface area (Å²) in [7, 11) is -5.75. The van der Waals surface area contributed by atoms with Gasteiger partial charge < -0.3 is 18.9 Å². The maximum absolute atomic E-state index is 14.5. The van der Waals surface area contributed by atoms with Crippen LogP contribution >= 0.6 is 0 Å². The maximum atomic E-state index is 14.5. The summed E-state index contributed by atoms with van der Waals surface area (Å²) in [5, 5.41) is 3.23. The Morgan fingerprint density at radius 3 is 1.18 bits per heavy atom. The lowest BCUT2D eigenvalue weighted by Crippen LogP contribution is -2.50. The molecule has 6 heterocycles. The Morgan fingerprint density at radius 2 is 0.883 bits per heavy atom. The van der Waals surface area contributed by atoms with Gasteiger partial charge in [0, 0.05) is 39.3 Å². The number of hydrazine groups is 1. The fourth-order valence-electron chi connectivity index (χ4n) is 10.3. The Labute approximate surface area is 350 Å². The van der Waals surface area contributed by atoms with E-state index >= 15 is 0 Å². The fourth-order valence-corrected chi connectivity index (χ4v) is 13.9. The van der Waals surface area contributed by atoms with Crippen molar-refractivity contribution in [1.82, 2.24) is 28.4 Å². The first-order valence-corrected chi connectivity index (χ1v) is 23.2. The fraction of sp³-hybridized carbons (Fsp3) is 0.600. The minimum Gasteiger partial charge on any atom is -0.495 e. The lowest BCUT2D eigenvalue weighted by molar-refractivity contribution is -0.152. The first kappa shape index (κ1) is 42.7. The van der Waals surface area contributed by atoms with Gasteiger partial charge in [-0.05, 0) is 76.9 Å². The van der Waals surface area contributed by atoms with Gasteiger partial charge in [-0.15, -0.1) is 0 Å². The van der Waals surface area contributed by atoms with E-state index in [1.807, 2.05) is 0 Å². The number of hydrogen-bond acceptors (Lipinski definition) is 14. The minimum atomic E-state index is -4.23. The Hall–Kier alpha value is -4.02. The number of likely N-dealkylation sites (tertiary alicyclic amines) is 2. The average Bonchev–Trinajstić information content (AvgIpc) is 3.87. The molecule has 6 saturated heterocycles. The molecule has 10 unspecified atom stereocenters. The van der Waals surface area contributed by atoms with E-state index in [1.165, 1.54) is 47.1 Å². The molecule has 0 aliphatic carbocycles. The van der Waals surface area contributed by atoms with Gasteiger partial charge >= 0.3 is 0 Å². The molecule has 60 heavy (non-hydrogen) atoms. The maximum Gasteiger partial charge on any atom is 0.248 e. The van der Waals surface area contributed by atoms with Crippen molar-refractivity contribution in [2.45, 2.75) is 99.9 Å². The normalized spacial score (nSPS) is 33.1. The molecule has 20 heteroatoms. The lowest BCUT2D eigenvalue weighted by Gasteiger charge is -2.36. The second-order valence-corrected chi connectivity index (χ2v) is 20.2. The number of benzene rings is 2.